The van der Waals surface area contributed by atoms with Gasteiger partial charge < -0.3 is 10.6 Å². The highest BCUT2D eigenvalue weighted by Crippen LogP contribution is 2.18. The van der Waals surface area contributed by atoms with Crippen LogP contribution in [0, 0.1) is 12.3 Å². The summed E-state index contributed by atoms with van der Waals surface area (Å²) in [5, 5.41) is 6.14. The number of carbonyl (C=O) groups excluding carboxylic acids is 1. The summed E-state index contributed by atoms with van der Waals surface area (Å²) in [7, 11) is 0. The van der Waals surface area contributed by atoms with Gasteiger partial charge in [0.2, 0.25) is 5.91 Å². The second-order valence-electron chi connectivity index (χ2n) is 4.34. The molecule has 0 aromatic rings. The molecule has 1 amide bonds. The third-order valence-corrected chi connectivity index (χ3v) is 2.95. The van der Waals surface area contributed by atoms with Gasteiger partial charge in [0, 0.05) is 0 Å². The fourth-order valence-electron chi connectivity index (χ4n) is 1.89. The number of carbonyl (C=O) groups is 1. The van der Waals surface area contributed by atoms with Crippen molar-refractivity contribution in [1.29, 1.82) is 0 Å². The van der Waals surface area contributed by atoms with Gasteiger partial charge in [-0.3, -0.25) is 4.79 Å². The minimum Gasteiger partial charge on any atom is -0.341 e. The molecule has 0 bridgehead atoms. The van der Waals surface area contributed by atoms with E-state index in [4.69, 9.17) is 6.42 Å². The molecular weight excluding hydrogens is 188 g/mol. The van der Waals surface area contributed by atoms with Crippen LogP contribution >= 0.6 is 0 Å². The largest absolute Gasteiger partial charge is 0.341 e. The maximum atomic E-state index is 11.9. The molecule has 3 heteroatoms. The first-order chi connectivity index (χ1) is 7.12. The van der Waals surface area contributed by atoms with Gasteiger partial charge in [-0.1, -0.05) is 19.3 Å². The molecule has 0 spiro atoms. The summed E-state index contributed by atoms with van der Waals surface area (Å²) >= 11 is 0. The predicted molar refractivity (Wildman–Crippen MR) is 61.3 cm³/mol. The molecule has 0 aromatic heterocycles. The highest BCUT2D eigenvalue weighted by molar-refractivity contribution is 5.86. The van der Waals surface area contributed by atoms with Crippen molar-refractivity contribution in [2.75, 3.05) is 6.54 Å². The first-order valence-electron chi connectivity index (χ1n) is 5.64. The molecule has 1 aliphatic rings. The highest BCUT2D eigenvalue weighted by atomic mass is 16.2. The van der Waals surface area contributed by atoms with Gasteiger partial charge in [-0.05, 0) is 32.7 Å². The van der Waals surface area contributed by atoms with Crippen molar-refractivity contribution in [3.05, 3.63) is 0 Å². The van der Waals surface area contributed by atoms with E-state index in [-0.39, 0.29) is 11.9 Å². The average molecular weight is 208 g/mol. The summed E-state index contributed by atoms with van der Waals surface area (Å²) in [6, 6.07) is -0.123. The third-order valence-electron chi connectivity index (χ3n) is 2.95. The van der Waals surface area contributed by atoms with Crippen LogP contribution in [0.1, 0.15) is 39.5 Å². The number of terminal acetylenes is 1. The summed E-state index contributed by atoms with van der Waals surface area (Å²) in [6.07, 6.45) is 9.14. The Bertz CT molecular complexity index is 261. The number of nitrogens with one attached hydrogen (secondary N) is 2. The standard InChI is InChI=1S/C12H20N2O/c1-4-7-10(5-2)14-11(15)12(3)8-6-9-13-12/h2,10,13H,4,6-9H2,1,3H3,(H,14,15). The summed E-state index contributed by atoms with van der Waals surface area (Å²) < 4.78 is 0. The quantitative estimate of drug-likeness (QED) is 0.678. The Labute approximate surface area is 92.0 Å². The molecule has 1 fully saturated rings. The minimum absolute atomic E-state index is 0.0383. The second kappa shape index (κ2) is 5.18. The van der Waals surface area contributed by atoms with Crippen LogP contribution in [0.5, 0.6) is 0 Å². The van der Waals surface area contributed by atoms with Gasteiger partial charge in [-0.25, -0.2) is 0 Å². The SMILES string of the molecule is C#CC(CCC)NC(=O)C1(C)CCCN1. The van der Waals surface area contributed by atoms with Gasteiger partial charge in [0.1, 0.15) is 0 Å². The number of hydrogen-bond acceptors (Lipinski definition) is 2. The van der Waals surface area contributed by atoms with Crippen molar-refractivity contribution in [1.82, 2.24) is 10.6 Å². The Morgan fingerprint density at radius 1 is 1.73 bits per heavy atom. The van der Waals surface area contributed by atoms with Crippen LogP contribution in [0.2, 0.25) is 0 Å². The van der Waals surface area contributed by atoms with E-state index in [1.165, 1.54) is 0 Å². The lowest BCUT2D eigenvalue weighted by atomic mass is 9.98. The molecule has 1 aliphatic heterocycles. The number of amides is 1. The molecule has 1 rings (SSSR count). The molecule has 15 heavy (non-hydrogen) atoms. The lowest BCUT2D eigenvalue weighted by Gasteiger charge is -2.25. The second-order valence-corrected chi connectivity index (χ2v) is 4.34. The first-order valence-corrected chi connectivity index (χ1v) is 5.64. The maximum Gasteiger partial charge on any atom is 0.240 e. The summed E-state index contributed by atoms with van der Waals surface area (Å²) in [5.41, 5.74) is -0.414. The molecule has 0 radical (unpaired) electrons. The minimum atomic E-state index is -0.414. The van der Waals surface area contributed by atoms with Gasteiger partial charge in [0.25, 0.3) is 0 Å². The zero-order valence-corrected chi connectivity index (χ0v) is 9.60. The number of rotatable bonds is 4. The summed E-state index contributed by atoms with van der Waals surface area (Å²) in [4.78, 5) is 11.9. The van der Waals surface area contributed by atoms with Gasteiger partial charge >= 0.3 is 0 Å². The Kier molecular flexibility index (Phi) is 4.16. The van der Waals surface area contributed by atoms with E-state index < -0.39 is 5.54 Å². The van der Waals surface area contributed by atoms with Crippen molar-refractivity contribution in [3.8, 4) is 12.3 Å². The smallest absolute Gasteiger partial charge is 0.240 e. The number of hydrogen-bond donors (Lipinski definition) is 2. The Morgan fingerprint density at radius 3 is 2.93 bits per heavy atom. The van der Waals surface area contributed by atoms with E-state index in [2.05, 4.69) is 23.5 Å². The zero-order valence-electron chi connectivity index (χ0n) is 9.60. The molecule has 2 unspecified atom stereocenters. The van der Waals surface area contributed by atoms with Crippen LogP contribution in [0.3, 0.4) is 0 Å². The molecule has 0 aromatic carbocycles. The van der Waals surface area contributed by atoms with Crippen molar-refractivity contribution in [3.63, 3.8) is 0 Å². The molecule has 2 atom stereocenters. The lowest BCUT2D eigenvalue weighted by molar-refractivity contribution is -0.126. The molecule has 1 heterocycles. The van der Waals surface area contributed by atoms with Gasteiger partial charge in [0.05, 0.1) is 11.6 Å². The van der Waals surface area contributed by atoms with Crippen LogP contribution in [-0.2, 0) is 4.79 Å². The van der Waals surface area contributed by atoms with E-state index in [0.717, 1.165) is 32.2 Å². The third kappa shape index (κ3) is 2.97. The Morgan fingerprint density at radius 2 is 2.47 bits per heavy atom. The van der Waals surface area contributed by atoms with Crippen LogP contribution in [0.4, 0.5) is 0 Å². The van der Waals surface area contributed by atoms with Crippen LogP contribution in [-0.4, -0.2) is 24.0 Å². The zero-order chi connectivity index (χ0) is 11.3. The first kappa shape index (κ1) is 12.1. The van der Waals surface area contributed by atoms with Gasteiger partial charge in [0.15, 0.2) is 0 Å². The topological polar surface area (TPSA) is 41.1 Å². The monoisotopic (exact) mass is 208 g/mol. The predicted octanol–water partition coefficient (Wildman–Crippen LogP) is 1.05. The molecule has 2 N–H and O–H groups in total. The summed E-state index contributed by atoms with van der Waals surface area (Å²) in [5.74, 6) is 2.65. The molecule has 1 saturated heterocycles. The van der Waals surface area contributed by atoms with E-state index in [0.29, 0.717) is 0 Å². The van der Waals surface area contributed by atoms with Crippen molar-refractivity contribution in [2.45, 2.75) is 51.1 Å². The van der Waals surface area contributed by atoms with Crippen molar-refractivity contribution >= 4 is 5.91 Å². The molecule has 84 valence electrons. The fraction of sp³-hybridized carbons (Fsp3) is 0.750. The molecule has 0 aliphatic carbocycles. The average Bonchev–Trinajstić information content (AvgIpc) is 2.65. The van der Waals surface area contributed by atoms with Crippen molar-refractivity contribution < 1.29 is 4.79 Å². The van der Waals surface area contributed by atoms with Crippen LogP contribution in [0.15, 0.2) is 0 Å². The highest BCUT2D eigenvalue weighted by Gasteiger charge is 2.36. The fourth-order valence-corrected chi connectivity index (χ4v) is 1.89. The van der Waals surface area contributed by atoms with Gasteiger partial charge in [-0.2, -0.15) is 0 Å². The van der Waals surface area contributed by atoms with E-state index >= 15 is 0 Å². The van der Waals surface area contributed by atoms with Gasteiger partial charge in [-0.15, -0.1) is 6.42 Å². The van der Waals surface area contributed by atoms with E-state index in [9.17, 15) is 4.79 Å². The molecular formula is C12H20N2O. The van der Waals surface area contributed by atoms with Crippen LogP contribution in [0.25, 0.3) is 0 Å². The van der Waals surface area contributed by atoms with E-state index in [1.54, 1.807) is 0 Å². The Hall–Kier alpha value is -1.01. The summed E-state index contributed by atoms with van der Waals surface area (Å²) in [6.45, 7) is 4.92. The molecule has 3 nitrogen and oxygen atoms in total. The maximum absolute atomic E-state index is 11.9. The normalized spacial score (nSPS) is 27.0. The van der Waals surface area contributed by atoms with Crippen molar-refractivity contribution in [2.24, 2.45) is 0 Å². The molecule has 0 saturated carbocycles. The van der Waals surface area contributed by atoms with E-state index in [1.807, 2.05) is 6.92 Å². The lowest BCUT2D eigenvalue weighted by Crippen LogP contribution is -2.53. The Balaban J connectivity index is 2.50. The van der Waals surface area contributed by atoms with Crippen LogP contribution < -0.4 is 10.6 Å².